The summed E-state index contributed by atoms with van der Waals surface area (Å²) in [7, 11) is 0. The van der Waals surface area contributed by atoms with Crippen LogP contribution in [0.3, 0.4) is 0 Å². The maximum atomic E-state index is 13.2. The lowest BCUT2D eigenvalue weighted by molar-refractivity contribution is 0.102. The Labute approximate surface area is 172 Å². The summed E-state index contributed by atoms with van der Waals surface area (Å²) < 4.78 is 1.01. The molecular formula is C24H19BrN2O. The highest BCUT2D eigenvalue weighted by Gasteiger charge is 2.16. The molecule has 1 heterocycles. The number of benzene rings is 3. The molecule has 0 unspecified atom stereocenters. The van der Waals surface area contributed by atoms with Crippen LogP contribution in [0.4, 0.5) is 5.69 Å². The molecule has 4 aromatic rings. The number of hydrogen-bond acceptors (Lipinski definition) is 2. The minimum Gasteiger partial charge on any atom is -0.322 e. The molecule has 0 aliphatic heterocycles. The number of carbonyl (C=O) groups excluding carboxylic acids is 1. The minimum absolute atomic E-state index is 0.134. The highest BCUT2D eigenvalue weighted by atomic mass is 79.9. The van der Waals surface area contributed by atoms with E-state index in [9.17, 15) is 4.79 Å². The lowest BCUT2D eigenvalue weighted by Crippen LogP contribution is -2.14. The number of nitrogens with zero attached hydrogens (tertiary/aromatic N) is 1. The third kappa shape index (κ3) is 3.56. The first kappa shape index (κ1) is 18.4. The monoisotopic (exact) mass is 430 g/mol. The SMILES string of the molecule is Cc1ccccc1NC(=O)c1cc(-c2ccc(Br)cc2)nc2c(C)cccc12. The van der Waals surface area contributed by atoms with E-state index < -0.39 is 0 Å². The Kier molecular flexibility index (Phi) is 4.97. The highest BCUT2D eigenvalue weighted by molar-refractivity contribution is 9.10. The second kappa shape index (κ2) is 7.56. The summed E-state index contributed by atoms with van der Waals surface area (Å²) in [6.07, 6.45) is 0. The van der Waals surface area contributed by atoms with Gasteiger partial charge in [0.2, 0.25) is 0 Å². The van der Waals surface area contributed by atoms with Crippen molar-refractivity contribution in [2.45, 2.75) is 13.8 Å². The summed E-state index contributed by atoms with van der Waals surface area (Å²) in [5.74, 6) is -0.134. The van der Waals surface area contributed by atoms with Gasteiger partial charge >= 0.3 is 0 Å². The van der Waals surface area contributed by atoms with Crippen molar-refractivity contribution in [3.05, 3.63) is 94.0 Å². The Balaban J connectivity index is 1.86. The maximum Gasteiger partial charge on any atom is 0.256 e. The van der Waals surface area contributed by atoms with Crippen molar-refractivity contribution in [3.8, 4) is 11.3 Å². The van der Waals surface area contributed by atoms with Gasteiger partial charge < -0.3 is 5.32 Å². The van der Waals surface area contributed by atoms with Gasteiger partial charge in [-0.3, -0.25) is 4.79 Å². The van der Waals surface area contributed by atoms with Gasteiger partial charge in [0.25, 0.3) is 5.91 Å². The Hall–Kier alpha value is -2.98. The van der Waals surface area contributed by atoms with E-state index in [0.717, 1.165) is 43.4 Å². The summed E-state index contributed by atoms with van der Waals surface area (Å²) >= 11 is 3.47. The van der Waals surface area contributed by atoms with Crippen molar-refractivity contribution in [2.75, 3.05) is 5.32 Å². The van der Waals surface area contributed by atoms with Crippen LogP contribution in [0.5, 0.6) is 0 Å². The number of para-hydroxylation sites is 2. The Morgan fingerprint density at radius 2 is 1.61 bits per heavy atom. The van der Waals surface area contributed by atoms with Crippen molar-refractivity contribution in [2.24, 2.45) is 0 Å². The first-order valence-corrected chi connectivity index (χ1v) is 9.85. The lowest BCUT2D eigenvalue weighted by Gasteiger charge is -2.13. The van der Waals surface area contributed by atoms with Gasteiger partial charge in [0.1, 0.15) is 0 Å². The minimum atomic E-state index is -0.134. The molecular weight excluding hydrogens is 412 g/mol. The molecule has 0 fully saturated rings. The normalized spacial score (nSPS) is 10.8. The number of rotatable bonds is 3. The van der Waals surface area contributed by atoms with Gasteiger partial charge in [-0.1, -0.05) is 64.5 Å². The van der Waals surface area contributed by atoms with Crippen LogP contribution in [-0.4, -0.2) is 10.9 Å². The van der Waals surface area contributed by atoms with Crippen LogP contribution in [0.2, 0.25) is 0 Å². The fourth-order valence-corrected chi connectivity index (χ4v) is 3.52. The summed E-state index contributed by atoms with van der Waals surface area (Å²) in [4.78, 5) is 18.0. The topological polar surface area (TPSA) is 42.0 Å². The van der Waals surface area contributed by atoms with E-state index in [1.807, 2.05) is 86.6 Å². The van der Waals surface area contributed by atoms with Gasteiger partial charge in [0.15, 0.2) is 0 Å². The van der Waals surface area contributed by atoms with Crippen LogP contribution in [0, 0.1) is 13.8 Å². The smallest absolute Gasteiger partial charge is 0.256 e. The molecule has 138 valence electrons. The Bertz CT molecular complexity index is 1180. The predicted molar refractivity (Wildman–Crippen MR) is 119 cm³/mol. The largest absolute Gasteiger partial charge is 0.322 e. The van der Waals surface area contributed by atoms with E-state index in [1.54, 1.807) is 0 Å². The van der Waals surface area contributed by atoms with Crippen molar-refractivity contribution in [3.63, 3.8) is 0 Å². The molecule has 28 heavy (non-hydrogen) atoms. The van der Waals surface area contributed by atoms with E-state index in [1.165, 1.54) is 0 Å². The number of fused-ring (bicyclic) bond motifs is 1. The number of nitrogens with one attached hydrogen (secondary N) is 1. The molecule has 0 atom stereocenters. The van der Waals surface area contributed by atoms with Crippen LogP contribution in [0.25, 0.3) is 22.2 Å². The van der Waals surface area contributed by atoms with Crippen LogP contribution in [0.15, 0.2) is 77.3 Å². The van der Waals surface area contributed by atoms with E-state index in [2.05, 4.69) is 21.2 Å². The zero-order valence-corrected chi connectivity index (χ0v) is 17.2. The van der Waals surface area contributed by atoms with Crippen molar-refractivity contribution in [1.82, 2.24) is 4.98 Å². The number of aromatic nitrogens is 1. The lowest BCUT2D eigenvalue weighted by atomic mass is 10.0. The third-order valence-corrected chi connectivity index (χ3v) is 5.35. The molecule has 0 spiro atoms. The van der Waals surface area contributed by atoms with E-state index in [0.29, 0.717) is 5.56 Å². The number of amides is 1. The van der Waals surface area contributed by atoms with Gasteiger partial charge in [-0.15, -0.1) is 0 Å². The van der Waals surface area contributed by atoms with Crippen LogP contribution >= 0.6 is 15.9 Å². The first-order chi connectivity index (χ1) is 13.5. The van der Waals surface area contributed by atoms with E-state index >= 15 is 0 Å². The van der Waals surface area contributed by atoms with Crippen LogP contribution < -0.4 is 5.32 Å². The molecule has 3 aromatic carbocycles. The van der Waals surface area contributed by atoms with Crippen molar-refractivity contribution in [1.29, 1.82) is 0 Å². The second-order valence-corrected chi connectivity index (χ2v) is 7.72. The molecule has 3 nitrogen and oxygen atoms in total. The first-order valence-electron chi connectivity index (χ1n) is 9.06. The highest BCUT2D eigenvalue weighted by Crippen LogP contribution is 2.28. The molecule has 4 heteroatoms. The number of halogens is 1. The van der Waals surface area contributed by atoms with Gasteiger partial charge in [-0.25, -0.2) is 4.98 Å². The molecule has 1 aromatic heterocycles. The Morgan fingerprint density at radius 1 is 0.893 bits per heavy atom. The zero-order valence-electron chi connectivity index (χ0n) is 15.7. The van der Waals surface area contributed by atoms with Crippen LogP contribution in [-0.2, 0) is 0 Å². The second-order valence-electron chi connectivity index (χ2n) is 6.80. The number of anilines is 1. The van der Waals surface area contributed by atoms with E-state index in [4.69, 9.17) is 4.98 Å². The summed E-state index contributed by atoms with van der Waals surface area (Å²) in [5, 5.41) is 3.91. The van der Waals surface area contributed by atoms with Gasteiger partial charge in [-0.05, 0) is 49.2 Å². The molecule has 0 bridgehead atoms. The fourth-order valence-electron chi connectivity index (χ4n) is 3.25. The quantitative estimate of drug-likeness (QED) is 0.401. The van der Waals surface area contributed by atoms with Crippen LogP contribution in [0.1, 0.15) is 21.5 Å². The maximum absolute atomic E-state index is 13.2. The van der Waals surface area contributed by atoms with Gasteiger partial charge in [0.05, 0.1) is 16.8 Å². The molecule has 0 radical (unpaired) electrons. The zero-order chi connectivity index (χ0) is 19.7. The molecule has 1 amide bonds. The van der Waals surface area contributed by atoms with Crippen molar-refractivity contribution >= 4 is 38.4 Å². The molecule has 0 saturated heterocycles. The summed E-state index contributed by atoms with van der Waals surface area (Å²) in [5.41, 5.74) is 6.10. The summed E-state index contributed by atoms with van der Waals surface area (Å²) in [6.45, 7) is 4.00. The molecule has 0 aliphatic rings. The molecule has 4 rings (SSSR count). The number of pyridine rings is 1. The standard InChI is InChI=1S/C24H19BrN2O/c1-15-6-3-4-9-21(15)27-24(28)20-14-22(17-10-12-18(25)13-11-17)26-23-16(2)7-5-8-19(20)23/h3-14H,1-2H3,(H,27,28). The average Bonchev–Trinajstić information content (AvgIpc) is 2.70. The predicted octanol–water partition coefficient (Wildman–Crippen LogP) is 6.53. The Morgan fingerprint density at radius 3 is 2.36 bits per heavy atom. The molecule has 0 aliphatic carbocycles. The fraction of sp³-hybridized carbons (Fsp3) is 0.0833. The van der Waals surface area contributed by atoms with Crippen molar-refractivity contribution < 1.29 is 4.79 Å². The third-order valence-electron chi connectivity index (χ3n) is 4.82. The number of carbonyl (C=O) groups is 1. The van der Waals surface area contributed by atoms with Gasteiger partial charge in [0, 0.05) is 21.1 Å². The average molecular weight is 431 g/mol. The number of hydrogen-bond donors (Lipinski definition) is 1. The van der Waals surface area contributed by atoms with E-state index in [-0.39, 0.29) is 5.91 Å². The molecule has 1 N–H and O–H groups in total. The van der Waals surface area contributed by atoms with Gasteiger partial charge in [-0.2, -0.15) is 0 Å². The summed E-state index contributed by atoms with van der Waals surface area (Å²) in [6, 6.07) is 23.5. The number of aryl methyl sites for hydroxylation is 2. The molecule has 0 saturated carbocycles.